The molecule has 1 unspecified atom stereocenters. The molecule has 0 fully saturated rings. The number of carbonyl (C=O) groups excluding carboxylic acids is 1. The van der Waals surface area contributed by atoms with Gasteiger partial charge in [-0.3, -0.25) is 10.1 Å². The van der Waals surface area contributed by atoms with Gasteiger partial charge in [-0.25, -0.2) is 4.79 Å². The zero-order chi connectivity index (χ0) is 24.0. The Morgan fingerprint density at radius 2 is 2.00 bits per heavy atom. The Hall–Kier alpha value is -3.92. The van der Waals surface area contributed by atoms with E-state index in [1.54, 1.807) is 19.1 Å². The average molecular weight is 474 g/mol. The number of hydrogen-bond acceptors (Lipinski definition) is 9. The minimum absolute atomic E-state index is 0.0564. The minimum Gasteiger partial charge on any atom is -0.491 e. The number of nitrogens with zero attached hydrogens (tertiary/aromatic N) is 3. The molecule has 33 heavy (non-hydrogen) atoms. The maximum absolute atomic E-state index is 12.2. The van der Waals surface area contributed by atoms with Crippen LogP contribution in [0.2, 0.25) is 5.02 Å². The number of aromatic nitrogens is 2. The Bertz CT molecular complexity index is 1180. The second-order valence-corrected chi connectivity index (χ2v) is 7.04. The van der Waals surface area contributed by atoms with E-state index in [2.05, 4.69) is 10.2 Å². The molecule has 172 valence electrons. The van der Waals surface area contributed by atoms with E-state index in [9.17, 15) is 14.9 Å². The van der Waals surface area contributed by atoms with Gasteiger partial charge < -0.3 is 18.6 Å². The lowest BCUT2D eigenvalue weighted by atomic mass is 10.2. The van der Waals surface area contributed by atoms with Crippen molar-refractivity contribution in [1.82, 2.24) is 10.2 Å². The molecule has 3 rings (SSSR count). The molecule has 2 aromatic carbocycles. The van der Waals surface area contributed by atoms with E-state index in [-0.39, 0.29) is 17.5 Å². The third kappa shape index (κ3) is 5.86. The molecular weight excluding hydrogens is 454 g/mol. The number of esters is 1. The van der Waals surface area contributed by atoms with Gasteiger partial charge in [0.05, 0.1) is 23.7 Å². The number of carbonyl (C=O) groups is 1. The molecule has 0 spiro atoms. The first kappa shape index (κ1) is 23.7. The van der Waals surface area contributed by atoms with Crippen LogP contribution in [0.1, 0.15) is 31.4 Å². The highest BCUT2D eigenvalue weighted by Crippen LogP contribution is 2.36. The van der Waals surface area contributed by atoms with Gasteiger partial charge in [-0.1, -0.05) is 11.6 Å². The van der Waals surface area contributed by atoms with Crippen molar-refractivity contribution in [2.24, 2.45) is 0 Å². The van der Waals surface area contributed by atoms with E-state index >= 15 is 0 Å². The summed E-state index contributed by atoms with van der Waals surface area (Å²) in [7, 11) is 1.49. The Kier molecular flexibility index (Phi) is 7.62. The average Bonchev–Trinajstić information content (AvgIpc) is 3.28. The van der Waals surface area contributed by atoms with Crippen LogP contribution < -0.4 is 9.47 Å². The molecule has 0 amide bonds. The van der Waals surface area contributed by atoms with Crippen molar-refractivity contribution in [3.8, 4) is 23.0 Å². The summed E-state index contributed by atoms with van der Waals surface area (Å²) in [4.78, 5) is 22.5. The van der Waals surface area contributed by atoms with Crippen molar-refractivity contribution in [1.29, 1.82) is 0 Å². The van der Waals surface area contributed by atoms with E-state index < -0.39 is 17.0 Å². The lowest BCUT2D eigenvalue weighted by Gasteiger charge is -2.11. The summed E-state index contributed by atoms with van der Waals surface area (Å²) in [5.74, 6) is 0.457. The molecule has 0 bridgehead atoms. The van der Waals surface area contributed by atoms with Crippen LogP contribution in [0, 0.1) is 10.1 Å². The zero-order valence-corrected chi connectivity index (χ0v) is 18.7. The Morgan fingerprint density at radius 1 is 1.27 bits per heavy atom. The maximum Gasteiger partial charge on any atom is 0.331 e. The van der Waals surface area contributed by atoms with Gasteiger partial charge in [0.25, 0.3) is 11.6 Å². The number of hydrogen-bond donors (Lipinski definition) is 0. The molecule has 1 atom stereocenters. The highest BCUT2D eigenvalue weighted by atomic mass is 35.5. The topological polar surface area (TPSA) is 127 Å². The van der Waals surface area contributed by atoms with Crippen molar-refractivity contribution in [2.75, 3.05) is 13.7 Å². The van der Waals surface area contributed by atoms with Crippen LogP contribution in [0.4, 0.5) is 5.69 Å². The molecule has 1 aromatic heterocycles. The fourth-order valence-electron chi connectivity index (χ4n) is 2.81. The molecule has 10 nitrogen and oxygen atoms in total. The monoisotopic (exact) mass is 473 g/mol. The van der Waals surface area contributed by atoms with Gasteiger partial charge in [-0.2, -0.15) is 0 Å². The highest BCUT2D eigenvalue weighted by Gasteiger charge is 2.19. The second kappa shape index (κ2) is 10.6. The van der Waals surface area contributed by atoms with Crippen LogP contribution >= 0.6 is 11.6 Å². The number of non-ortho nitro benzene ring substituents is 1. The van der Waals surface area contributed by atoms with E-state index in [1.807, 2.05) is 6.92 Å². The molecule has 0 saturated carbocycles. The third-order valence-corrected chi connectivity index (χ3v) is 4.63. The normalized spacial score (nSPS) is 11.9. The van der Waals surface area contributed by atoms with Gasteiger partial charge in [-0.15, -0.1) is 10.2 Å². The van der Waals surface area contributed by atoms with E-state index in [4.69, 9.17) is 30.2 Å². The first-order valence-corrected chi connectivity index (χ1v) is 10.2. The second-order valence-electron chi connectivity index (χ2n) is 6.63. The number of ether oxygens (including phenoxy) is 3. The molecule has 0 saturated heterocycles. The lowest BCUT2D eigenvalue weighted by Crippen LogP contribution is -2.06. The maximum atomic E-state index is 12.2. The van der Waals surface area contributed by atoms with E-state index in [1.165, 1.54) is 43.5 Å². The first-order valence-electron chi connectivity index (χ1n) is 9.79. The summed E-state index contributed by atoms with van der Waals surface area (Å²) in [6, 6.07) is 8.96. The van der Waals surface area contributed by atoms with Gasteiger partial charge in [0.1, 0.15) is 0 Å². The van der Waals surface area contributed by atoms with Crippen LogP contribution in [0.15, 0.2) is 46.9 Å². The number of nitro groups is 1. The highest BCUT2D eigenvalue weighted by molar-refractivity contribution is 6.32. The van der Waals surface area contributed by atoms with Crippen molar-refractivity contribution in [2.45, 2.75) is 20.0 Å². The predicted octanol–water partition coefficient (Wildman–Crippen LogP) is 5.02. The third-order valence-electron chi connectivity index (χ3n) is 4.35. The quantitative estimate of drug-likeness (QED) is 0.182. The number of methoxy groups -OCH3 is 1. The summed E-state index contributed by atoms with van der Waals surface area (Å²) in [6.07, 6.45) is 1.94. The molecule has 0 aliphatic heterocycles. The van der Waals surface area contributed by atoms with Gasteiger partial charge in [0, 0.05) is 23.8 Å². The number of nitro benzene ring substituents is 1. The van der Waals surface area contributed by atoms with Gasteiger partial charge in [0.2, 0.25) is 5.89 Å². The van der Waals surface area contributed by atoms with Crippen molar-refractivity contribution in [3.63, 3.8) is 0 Å². The van der Waals surface area contributed by atoms with Crippen LogP contribution in [0.3, 0.4) is 0 Å². The molecule has 0 radical (unpaired) electrons. The van der Waals surface area contributed by atoms with Gasteiger partial charge in [-0.05, 0) is 49.8 Å². The van der Waals surface area contributed by atoms with Crippen LogP contribution in [0.5, 0.6) is 11.5 Å². The lowest BCUT2D eigenvalue weighted by molar-refractivity contribution is -0.384. The summed E-state index contributed by atoms with van der Waals surface area (Å²) in [5.41, 5.74) is 1.06. The van der Waals surface area contributed by atoms with Crippen molar-refractivity contribution in [3.05, 3.63) is 69.1 Å². The fourth-order valence-corrected chi connectivity index (χ4v) is 3.11. The molecule has 0 aliphatic carbocycles. The van der Waals surface area contributed by atoms with Crippen molar-refractivity contribution >= 4 is 29.3 Å². The van der Waals surface area contributed by atoms with Crippen LogP contribution in [-0.4, -0.2) is 34.8 Å². The summed E-state index contributed by atoms with van der Waals surface area (Å²) in [5, 5.41) is 18.9. The minimum atomic E-state index is -0.820. The summed E-state index contributed by atoms with van der Waals surface area (Å²) in [6.45, 7) is 3.83. The molecule has 11 heteroatoms. The SMILES string of the molecule is CCOc1cc(C=CC(=O)OC(C)c2nnc(-c3ccc([N+](=O)[O-])cc3)o2)cc(Cl)c1OC. The molecule has 0 N–H and O–H groups in total. The van der Waals surface area contributed by atoms with Crippen LogP contribution in [-0.2, 0) is 9.53 Å². The number of benzene rings is 2. The summed E-state index contributed by atoms with van der Waals surface area (Å²) < 4.78 is 21.6. The van der Waals surface area contributed by atoms with Gasteiger partial charge >= 0.3 is 5.97 Å². The Labute approximate surface area is 193 Å². The largest absolute Gasteiger partial charge is 0.491 e. The van der Waals surface area contributed by atoms with Crippen molar-refractivity contribution < 1.29 is 28.3 Å². The Balaban J connectivity index is 1.66. The summed E-state index contributed by atoms with van der Waals surface area (Å²) >= 11 is 6.21. The predicted molar refractivity (Wildman–Crippen MR) is 119 cm³/mol. The van der Waals surface area contributed by atoms with E-state index in [0.717, 1.165) is 0 Å². The molecule has 1 heterocycles. The molecule has 0 aliphatic rings. The molecular formula is C22H20ClN3O7. The van der Waals surface area contributed by atoms with Crippen LogP contribution in [0.25, 0.3) is 17.5 Å². The fraction of sp³-hybridized carbons (Fsp3) is 0.227. The standard InChI is InChI=1S/C22H20ClN3O7/c1-4-31-18-12-14(11-17(23)20(18)30-3)5-10-19(27)32-13(2)21-24-25-22(33-21)15-6-8-16(9-7-15)26(28)29/h5-13H,4H2,1-3H3. The van der Waals surface area contributed by atoms with Gasteiger partial charge in [0.15, 0.2) is 17.6 Å². The zero-order valence-electron chi connectivity index (χ0n) is 18.0. The van der Waals surface area contributed by atoms with E-state index in [0.29, 0.717) is 34.3 Å². The smallest absolute Gasteiger partial charge is 0.331 e. The number of halogens is 1. The molecule has 3 aromatic rings. The first-order chi connectivity index (χ1) is 15.8. The number of rotatable bonds is 9. The Morgan fingerprint density at radius 3 is 2.64 bits per heavy atom.